The second-order valence-electron chi connectivity index (χ2n) is 2.90. The molecule has 0 saturated carbocycles. The van der Waals surface area contributed by atoms with Crippen LogP contribution in [0.5, 0.6) is 0 Å². The van der Waals surface area contributed by atoms with Crippen molar-refractivity contribution in [1.82, 2.24) is 4.42 Å². The summed E-state index contributed by atoms with van der Waals surface area (Å²) in [6, 6.07) is 0. The lowest BCUT2D eigenvalue weighted by molar-refractivity contribution is -0.145. The van der Waals surface area contributed by atoms with Gasteiger partial charge in [-0.15, -0.1) is 0 Å². The molecule has 1 aliphatic heterocycles. The number of carbonyl (C=O) groups is 2. The third kappa shape index (κ3) is 1.36. The van der Waals surface area contributed by atoms with Crippen molar-refractivity contribution in [1.29, 1.82) is 0 Å². The smallest absolute Gasteiger partial charge is 0.263 e. The van der Waals surface area contributed by atoms with Gasteiger partial charge in [-0.3, -0.25) is 9.59 Å². The van der Waals surface area contributed by atoms with E-state index >= 15 is 0 Å². The van der Waals surface area contributed by atoms with Crippen LogP contribution in [0.15, 0.2) is 0 Å². The molecule has 0 aromatic rings. The lowest BCUT2D eigenvalue weighted by Crippen LogP contribution is -2.55. The Bertz CT molecular complexity index is 215. The highest BCUT2D eigenvalue weighted by atomic mass is 35.5. The van der Waals surface area contributed by atoms with Crippen molar-refractivity contribution >= 4 is 23.6 Å². The van der Waals surface area contributed by atoms with Crippen LogP contribution in [-0.4, -0.2) is 21.8 Å². The summed E-state index contributed by atoms with van der Waals surface area (Å²) in [6.07, 6.45) is 0.607. The number of nitrogens with two attached hydrogens (primary N) is 1. The average Bonchev–Trinajstić information content (AvgIpc) is 1.95. The SMILES string of the molecule is CC1(N)CCC(=O)N(Cl)C1=O. The maximum Gasteiger partial charge on any atom is 0.263 e. The molecule has 0 aromatic heterocycles. The van der Waals surface area contributed by atoms with Crippen molar-refractivity contribution in [3.05, 3.63) is 0 Å². The maximum atomic E-state index is 11.1. The monoisotopic (exact) mass is 176 g/mol. The van der Waals surface area contributed by atoms with Crippen LogP contribution in [0.4, 0.5) is 0 Å². The molecule has 0 bridgehead atoms. The van der Waals surface area contributed by atoms with Gasteiger partial charge >= 0.3 is 0 Å². The fourth-order valence-electron chi connectivity index (χ4n) is 0.909. The molecule has 1 heterocycles. The highest BCUT2D eigenvalue weighted by molar-refractivity contribution is 6.31. The number of imide groups is 1. The molecule has 5 heteroatoms. The van der Waals surface area contributed by atoms with Gasteiger partial charge in [-0.25, -0.2) is 0 Å². The average molecular weight is 177 g/mol. The van der Waals surface area contributed by atoms with Crippen molar-refractivity contribution in [2.75, 3.05) is 0 Å². The van der Waals surface area contributed by atoms with E-state index in [4.69, 9.17) is 17.5 Å². The highest BCUT2D eigenvalue weighted by Crippen LogP contribution is 2.21. The predicted molar refractivity (Wildman–Crippen MR) is 39.5 cm³/mol. The van der Waals surface area contributed by atoms with Crippen LogP contribution in [0, 0.1) is 0 Å². The van der Waals surface area contributed by atoms with Crippen molar-refractivity contribution in [3.63, 3.8) is 0 Å². The number of carbonyl (C=O) groups excluding carboxylic acids is 2. The summed E-state index contributed by atoms with van der Waals surface area (Å²) in [5.41, 5.74) is 4.57. The summed E-state index contributed by atoms with van der Waals surface area (Å²) >= 11 is 5.36. The lowest BCUT2D eigenvalue weighted by Gasteiger charge is -2.30. The van der Waals surface area contributed by atoms with Gasteiger partial charge < -0.3 is 5.73 Å². The molecule has 0 spiro atoms. The second kappa shape index (κ2) is 2.46. The maximum absolute atomic E-state index is 11.1. The molecule has 1 saturated heterocycles. The summed E-state index contributed by atoms with van der Waals surface area (Å²) in [7, 11) is 0. The second-order valence-corrected chi connectivity index (χ2v) is 3.24. The fourth-order valence-corrected chi connectivity index (χ4v) is 1.19. The number of nitrogens with zero attached hydrogens (tertiary/aromatic N) is 1. The molecule has 4 nitrogen and oxygen atoms in total. The van der Waals surface area contributed by atoms with Crippen molar-refractivity contribution < 1.29 is 9.59 Å². The number of halogens is 1. The molecular weight excluding hydrogens is 168 g/mol. The summed E-state index contributed by atoms with van der Waals surface area (Å²) in [5.74, 6) is -0.894. The Kier molecular flexibility index (Phi) is 1.90. The van der Waals surface area contributed by atoms with E-state index in [1.165, 1.54) is 0 Å². The Labute approximate surface area is 69.4 Å². The third-order valence-corrected chi connectivity index (χ3v) is 2.09. The molecule has 1 aliphatic rings. The molecule has 62 valence electrons. The zero-order valence-corrected chi connectivity index (χ0v) is 6.89. The number of piperidine rings is 1. The van der Waals surface area contributed by atoms with Gasteiger partial charge in [0.2, 0.25) is 5.91 Å². The Hall–Kier alpha value is -0.610. The van der Waals surface area contributed by atoms with Gasteiger partial charge in [0.05, 0.1) is 5.54 Å². The Balaban J connectivity index is 2.84. The first-order valence-corrected chi connectivity index (χ1v) is 3.61. The van der Waals surface area contributed by atoms with Gasteiger partial charge in [-0.2, -0.15) is 4.42 Å². The van der Waals surface area contributed by atoms with E-state index in [2.05, 4.69) is 0 Å². The van der Waals surface area contributed by atoms with Gasteiger partial charge in [0.25, 0.3) is 5.91 Å². The van der Waals surface area contributed by atoms with Crippen molar-refractivity contribution in [3.8, 4) is 0 Å². The number of hydrogen-bond donors (Lipinski definition) is 1. The number of amides is 2. The summed E-state index contributed by atoms with van der Waals surface area (Å²) in [4.78, 5) is 21.9. The topological polar surface area (TPSA) is 63.4 Å². The molecule has 11 heavy (non-hydrogen) atoms. The minimum absolute atomic E-state index is 0.238. The molecule has 1 fully saturated rings. The van der Waals surface area contributed by atoms with Crippen LogP contribution in [0.25, 0.3) is 0 Å². The van der Waals surface area contributed by atoms with E-state index < -0.39 is 11.4 Å². The van der Waals surface area contributed by atoms with Gasteiger partial charge in [0.1, 0.15) is 0 Å². The predicted octanol–water partition coefficient (Wildman–Crippen LogP) is 0.00660. The van der Waals surface area contributed by atoms with Gasteiger partial charge in [-0.05, 0) is 13.3 Å². The summed E-state index contributed by atoms with van der Waals surface area (Å²) in [5, 5.41) is 0. The lowest BCUT2D eigenvalue weighted by atomic mass is 9.92. The van der Waals surface area contributed by atoms with Crippen LogP contribution < -0.4 is 5.73 Å². The van der Waals surface area contributed by atoms with Crippen molar-refractivity contribution in [2.24, 2.45) is 5.73 Å². The fraction of sp³-hybridized carbons (Fsp3) is 0.667. The van der Waals surface area contributed by atoms with E-state index in [1.807, 2.05) is 0 Å². The Morgan fingerprint density at radius 1 is 1.64 bits per heavy atom. The van der Waals surface area contributed by atoms with Gasteiger partial charge in [-0.1, -0.05) is 0 Å². The normalized spacial score (nSPS) is 32.8. The van der Waals surface area contributed by atoms with Crippen LogP contribution >= 0.6 is 11.8 Å². The first-order chi connectivity index (χ1) is 4.95. The molecule has 1 atom stereocenters. The zero-order valence-electron chi connectivity index (χ0n) is 6.13. The van der Waals surface area contributed by atoms with Crippen LogP contribution in [0.3, 0.4) is 0 Å². The molecule has 2 N–H and O–H groups in total. The molecule has 0 aliphatic carbocycles. The molecule has 0 aromatic carbocycles. The van der Waals surface area contributed by atoms with E-state index in [0.717, 1.165) is 0 Å². The molecule has 1 rings (SSSR count). The minimum atomic E-state index is -0.977. The van der Waals surface area contributed by atoms with Crippen LogP contribution in [0.1, 0.15) is 19.8 Å². The molecule has 0 radical (unpaired) electrons. The first-order valence-electron chi connectivity index (χ1n) is 3.27. The molecule has 1 unspecified atom stereocenters. The van der Waals surface area contributed by atoms with Gasteiger partial charge in [0, 0.05) is 18.2 Å². The Morgan fingerprint density at radius 3 is 2.64 bits per heavy atom. The highest BCUT2D eigenvalue weighted by Gasteiger charge is 2.40. The summed E-state index contributed by atoms with van der Waals surface area (Å²) in [6.45, 7) is 1.57. The minimum Gasteiger partial charge on any atom is -0.318 e. The van der Waals surface area contributed by atoms with Crippen LogP contribution in [-0.2, 0) is 9.59 Å². The van der Waals surface area contributed by atoms with Gasteiger partial charge in [0.15, 0.2) is 0 Å². The van der Waals surface area contributed by atoms with E-state index in [-0.39, 0.29) is 12.3 Å². The van der Waals surface area contributed by atoms with Crippen molar-refractivity contribution in [2.45, 2.75) is 25.3 Å². The van der Waals surface area contributed by atoms with E-state index in [1.54, 1.807) is 6.92 Å². The molecule has 2 amide bonds. The third-order valence-electron chi connectivity index (χ3n) is 1.74. The Morgan fingerprint density at radius 2 is 2.18 bits per heavy atom. The summed E-state index contributed by atoms with van der Waals surface area (Å²) < 4.78 is 0.573. The molecular formula is C6H9ClN2O2. The number of rotatable bonds is 0. The van der Waals surface area contributed by atoms with E-state index in [0.29, 0.717) is 10.8 Å². The first kappa shape index (κ1) is 8.49. The zero-order chi connectivity index (χ0) is 8.65. The standard InChI is InChI=1S/C6H9ClN2O2/c1-6(8)3-2-4(10)9(7)5(6)11/h2-3,8H2,1H3. The van der Waals surface area contributed by atoms with Crippen LogP contribution in [0.2, 0.25) is 0 Å². The quantitative estimate of drug-likeness (QED) is 0.418. The van der Waals surface area contributed by atoms with E-state index in [9.17, 15) is 9.59 Å². The number of hydrogen-bond acceptors (Lipinski definition) is 3. The largest absolute Gasteiger partial charge is 0.318 e.